The number of carbonyl (C=O) groups is 1. The van der Waals surface area contributed by atoms with E-state index in [1.54, 1.807) is 17.7 Å². The molecule has 1 rings (SSSR count). The summed E-state index contributed by atoms with van der Waals surface area (Å²) in [4.78, 5) is 11.3. The zero-order valence-electron chi connectivity index (χ0n) is 10.3. The second-order valence-electron chi connectivity index (χ2n) is 4.05. The summed E-state index contributed by atoms with van der Waals surface area (Å²) < 4.78 is 20.9. The van der Waals surface area contributed by atoms with Crippen LogP contribution < -0.4 is 0 Å². The van der Waals surface area contributed by atoms with E-state index in [9.17, 15) is 9.00 Å². The van der Waals surface area contributed by atoms with Crippen molar-refractivity contribution in [3.05, 3.63) is 0 Å². The van der Waals surface area contributed by atoms with Crippen LogP contribution in [0.3, 0.4) is 0 Å². The molecule has 17 heavy (non-hydrogen) atoms. The van der Waals surface area contributed by atoms with Crippen molar-refractivity contribution in [1.29, 1.82) is 0 Å². The van der Waals surface area contributed by atoms with Crippen molar-refractivity contribution in [3.63, 3.8) is 0 Å². The molecule has 100 valence electrons. The van der Waals surface area contributed by atoms with Gasteiger partial charge in [0.05, 0.1) is 9.83 Å². The Labute approximate surface area is 109 Å². The first-order valence-corrected chi connectivity index (χ1v) is 8.61. The molecule has 1 aliphatic rings. The Morgan fingerprint density at radius 2 is 2.29 bits per heavy atom. The van der Waals surface area contributed by atoms with E-state index in [-0.39, 0.29) is 5.97 Å². The van der Waals surface area contributed by atoms with E-state index in [4.69, 9.17) is 9.47 Å². The molecule has 3 atom stereocenters. The van der Waals surface area contributed by atoms with Gasteiger partial charge in [-0.05, 0) is 26.2 Å². The van der Waals surface area contributed by atoms with Gasteiger partial charge in [-0.2, -0.15) is 0 Å². The first-order chi connectivity index (χ1) is 8.11. The standard InChI is InChI=1S/C11H20O4S2/c1-9(14-2)15-11(12)6-4-3-5-10-7-8-17(13)16-10/h9-10H,3-8H2,1-2H3. The Balaban J connectivity index is 2.00. The molecule has 0 aliphatic carbocycles. The van der Waals surface area contributed by atoms with Crippen LogP contribution in [0.4, 0.5) is 0 Å². The molecule has 0 N–H and O–H groups in total. The number of ether oxygens (including phenoxy) is 2. The predicted molar refractivity (Wildman–Crippen MR) is 70.0 cm³/mol. The Hall–Kier alpha value is -0.0700. The van der Waals surface area contributed by atoms with Crippen LogP contribution in [0.2, 0.25) is 0 Å². The van der Waals surface area contributed by atoms with Gasteiger partial charge in [-0.15, -0.1) is 0 Å². The van der Waals surface area contributed by atoms with Crippen LogP contribution in [-0.2, 0) is 24.1 Å². The summed E-state index contributed by atoms with van der Waals surface area (Å²) in [6.45, 7) is 1.70. The lowest BCUT2D eigenvalue weighted by molar-refractivity contribution is -0.169. The van der Waals surface area contributed by atoms with E-state index in [1.165, 1.54) is 7.11 Å². The summed E-state index contributed by atoms with van der Waals surface area (Å²) in [6, 6.07) is 0. The summed E-state index contributed by atoms with van der Waals surface area (Å²) in [6.07, 6.45) is 3.89. The van der Waals surface area contributed by atoms with Gasteiger partial charge >= 0.3 is 5.97 Å². The Kier molecular flexibility index (Phi) is 7.15. The molecule has 4 nitrogen and oxygen atoms in total. The first kappa shape index (κ1) is 15.0. The zero-order chi connectivity index (χ0) is 12.7. The van der Waals surface area contributed by atoms with E-state index in [0.717, 1.165) is 31.4 Å². The maximum Gasteiger partial charge on any atom is 0.308 e. The fourth-order valence-corrected chi connectivity index (χ4v) is 5.17. The molecule has 1 fully saturated rings. The van der Waals surface area contributed by atoms with Crippen molar-refractivity contribution in [2.24, 2.45) is 0 Å². The van der Waals surface area contributed by atoms with E-state index in [0.29, 0.717) is 11.7 Å². The molecule has 0 aromatic heterocycles. The van der Waals surface area contributed by atoms with Crippen LogP contribution in [0.25, 0.3) is 0 Å². The number of carbonyl (C=O) groups excluding carboxylic acids is 1. The molecule has 6 heteroatoms. The smallest absolute Gasteiger partial charge is 0.308 e. The van der Waals surface area contributed by atoms with E-state index < -0.39 is 16.1 Å². The monoisotopic (exact) mass is 280 g/mol. The second kappa shape index (κ2) is 8.11. The van der Waals surface area contributed by atoms with Gasteiger partial charge in [0.2, 0.25) is 0 Å². The van der Waals surface area contributed by atoms with Gasteiger partial charge < -0.3 is 9.47 Å². The molecular formula is C11H20O4S2. The normalized spacial score (nSPS) is 25.8. The molecular weight excluding hydrogens is 260 g/mol. The van der Waals surface area contributed by atoms with Crippen molar-refractivity contribution in [2.75, 3.05) is 12.9 Å². The van der Waals surface area contributed by atoms with Gasteiger partial charge in [-0.3, -0.25) is 4.79 Å². The quantitative estimate of drug-likeness (QED) is 0.310. The number of unbranched alkanes of at least 4 members (excludes halogenated alkanes) is 1. The SMILES string of the molecule is COC(C)OC(=O)CCCCC1CCS(=O)S1. The highest BCUT2D eigenvalue weighted by molar-refractivity contribution is 8.69. The average molecular weight is 280 g/mol. The van der Waals surface area contributed by atoms with Gasteiger partial charge in [0, 0.05) is 24.5 Å². The number of esters is 1. The lowest BCUT2D eigenvalue weighted by atomic mass is 10.1. The minimum Gasteiger partial charge on any atom is -0.436 e. The van der Waals surface area contributed by atoms with Crippen molar-refractivity contribution >= 4 is 26.6 Å². The summed E-state index contributed by atoms with van der Waals surface area (Å²) in [5.74, 6) is 0.616. The number of methoxy groups -OCH3 is 1. The number of hydrogen-bond acceptors (Lipinski definition) is 5. The maximum absolute atomic E-state index is 11.3. The van der Waals surface area contributed by atoms with Crippen molar-refractivity contribution in [1.82, 2.24) is 0 Å². The summed E-state index contributed by atoms with van der Waals surface area (Å²) in [5, 5.41) is 0.518. The molecule has 3 unspecified atom stereocenters. The minimum absolute atomic E-state index is 0.206. The summed E-state index contributed by atoms with van der Waals surface area (Å²) in [5.41, 5.74) is 0. The Bertz CT molecular complexity index is 270. The van der Waals surface area contributed by atoms with Crippen molar-refractivity contribution in [3.8, 4) is 0 Å². The minimum atomic E-state index is -0.668. The van der Waals surface area contributed by atoms with Crippen molar-refractivity contribution in [2.45, 2.75) is 50.6 Å². The molecule has 0 bridgehead atoms. The van der Waals surface area contributed by atoms with Crippen LogP contribution in [-0.4, -0.2) is 34.6 Å². The molecule has 1 saturated heterocycles. The van der Waals surface area contributed by atoms with Crippen LogP contribution >= 0.6 is 10.8 Å². The zero-order valence-corrected chi connectivity index (χ0v) is 12.0. The summed E-state index contributed by atoms with van der Waals surface area (Å²) >= 11 is 0. The predicted octanol–water partition coefficient (Wildman–Crippen LogP) is 2.25. The van der Waals surface area contributed by atoms with E-state index in [1.807, 2.05) is 0 Å². The number of rotatable bonds is 7. The highest BCUT2D eigenvalue weighted by atomic mass is 33.1. The third-order valence-corrected chi connectivity index (χ3v) is 6.12. The first-order valence-electron chi connectivity index (χ1n) is 5.89. The van der Waals surface area contributed by atoms with Crippen LogP contribution in [0.15, 0.2) is 0 Å². The Morgan fingerprint density at radius 1 is 1.53 bits per heavy atom. The van der Waals surface area contributed by atoms with Crippen molar-refractivity contribution < 1.29 is 18.5 Å². The average Bonchev–Trinajstić information content (AvgIpc) is 2.70. The lowest BCUT2D eigenvalue weighted by Crippen LogP contribution is -2.16. The third kappa shape index (κ3) is 6.43. The van der Waals surface area contributed by atoms with Crippen LogP contribution in [0.1, 0.15) is 39.0 Å². The van der Waals surface area contributed by atoms with Crippen LogP contribution in [0, 0.1) is 0 Å². The second-order valence-corrected chi connectivity index (χ2v) is 7.62. The largest absolute Gasteiger partial charge is 0.436 e. The van der Waals surface area contributed by atoms with Crippen LogP contribution in [0.5, 0.6) is 0 Å². The third-order valence-electron chi connectivity index (χ3n) is 2.64. The Morgan fingerprint density at radius 3 is 2.88 bits per heavy atom. The number of hydrogen-bond donors (Lipinski definition) is 0. The summed E-state index contributed by atoms with van der Waals surface area (Å²) in [7, 11) is 2.42. The molecule has 0 spiro atoms. The van der Waals surface area contributed by atoms with Gasteiger partial charge in [0.25, 0.3) is 0 Å². The fourth-order valence-electron chi connectivity index (χ4n) is 1.60. The topological polar surface area (TPSA) is 52.6 Å². The van der Waals surface area contributed by atoms with Gasteiger partial charge in [-0.25, -0.2) is 4.21 Å². The lowest BCUT2D eigenvalue weighted by Gasteiger charge is -2.11. The molecule has 1 heterocycles. The van der Waals surface area contributed by atoms with Gasteiger partial charge in [0.15, 0.2) is 6.29 Å². The molecule has 0 amide bonds. The molecule has 0 aromatic rings. The van der Waals surface area contributed by atoms with E-state index >= 15 is 0 Å². The van der Waals surface area contributed by atoms with Gasteiger partial charge in [0.1, 0.15) is 0 Å². The highest BCUT2D eigenvalue weighted by Gasteiger charge is 2.21. The van der Waals surface area contributed by atoms with E-state index in [2.05, 4.69) is 0 Å². The molecule has 1 aliphatic heterocycles. The molecule has 0 aromatic carbocycles. The molecule has 0 saturated carbocycles. The van der Waals surface area contributed by atoms with Gasteiger partial charge in [-0.1, -0.05) is 17.2 Å². The highest BCUT2D eigenvalue weighted by Crippen LogP contribution is 2.31. The fraction of sp³-hybridized carbons (Fsp3) is 0.909. The maximum atomic E-state index is 11.3. The molecule has 0 radical (unpaired) electrons.